The number of benzene rings is 2. The van der Waals surface area contributed by atoms with E-state index in [-0.39, 0.29) is 11.2 Å². The summed E-state index contributed by atoms with van der Waals surface area (Å²) < 4.78 is 5.59. The first-order valence-corrected chi connectivity index (χ1v) is 9.30. The van der Waals surface area contributed by atoms with Gasteiger partial charge in [-0.25, -0.2) is 0 Å². The molecule has 128 valence electrons. The van der Waals surface area contributed by atoms with Gasteiger partial charge in [0.1, 0.15) is 5.75 Å². The van der Waals surface area contributed by atoms with Crippen molar-refractivity contribution in [3.05, 3.63) is 59.1 Å². The number of carbonyl (C=O) groups excluding carboxylic acids is 1. The molecule has 0 unspecified atom stereocenters. The van der Waals surface area contributed by atoms with E-state index < -0.39 is 0 Å². The van der Waals surface area contributed by atoms with Crippen LogP contribution in [0.1, 0.15) is 25.8 Å². The first-order chi connectivity index (χ1) is 11.6. The molecule has 0 saturated heterocycles. The molecule has 24 heavy (non-hydrogen) atoms. The van der Waals surface area contributed by atoms with Crippen molar-refractivity contribution in [2.45, 2.75) is 37.0 Å². The summed E-state index contributed by atoms with van der Waals surface area (Å²) in [5, 5.41) is 3.58. The lowest BCUT2D eigenvalue weighted by Gasteiger charge is -2.16. The zero-order valence-corrected chi connectivity index (χ0v) is 15.5. The standard InChI is InChI=1S/C19H22ClNO2S/c1-3-18(24-16-11-9-15(20)10-12-16)19(22)21-13-14-7-5-6-8-17(14)23-4-2/h5-12,18H,3-4,13H2,1-2H3,(H,21,22)/t18-/m0/s1. The van der Waals surface area contributed by atoms with Gasteiger partial charge in [0.05, 0.1) is 11.9 Å². The third kappa shape index (κ3) is 5.46. The minimum absolute atomic E-state index is 0.0313. The second-order valence-corrected chi connectivity index (χ2v) is 6.94. The van der Waals surface area contributed by atoms with Crippen molar-refractivity contribution in [1.82, 2.24) is 5.32 Å². The largest absolute Gasteiger partial charge is 0.494 e. The predicted octanol–water partition coefficient (Wildman–Crippen LogP) is 4.93. The van der Waals surface area contributed by atoms with Crippen molar-refractivity contribution < 1.29 is 9.53 Å². The number of halogens is 1. The smallest absolute Gasteiger partial charge is 0.233 e. The van der Waals surface area contributed by atoms with E-state index >= 15 is 0 Å². The molecule has 0 saturated carbocycles. The molecule has 1 amide bonds. The van der Waals surface area contributed by atoms with Gasteiger partial charge in [-0.15, -0.1) is 11.8 Å². The van der Waals surface area contributed by atoms with E-state index in [1.165, 1.54) is 0 Å². The van der Waals surface area contributed by atoms with Crippen molar-refractivity contribution in [2.75, 3.05) is 6.61 Å². The number of carbonyl (C=O) groups is 1. The third-order valence-corrected chi connectivity index (χ3v) is 5.11. The summed E-state index contributed by atoms with van der Waals surface area (Å²) in [7, 11) is 0. The Kier molecular flexibility index (Phi) is 7.47. The molecule has 0 aliphatic rings. The Morgan fingerprint density at radius 1 is 1.17 bits per heavy atom. The summed E-state index contributed by atoms with van der Waals surface area (Å²) in [6.45, 7) is 5.04. The molecule has 5 heteroatoms. The monoisotopic (exact) mass is 363 g/mol. The topological polar surface area (TPSA) is 38.3 Å². The third-order valence-electron chi connectivity index (χ3n) is 3.48. The molecule has 0 radical (unpaired) electrons. The van der Waals surface area contributed by atoms with Gasteiger partial charge in [0.15, 0.2) is 0 Å². The minimum Gasteiger partial charge on any atom is -0.494 e. The summed E-state index contributed by atoms with van der Waals surface area (Å²) in [6.07, 6.45) is 0.756. The molecular formula is C19H22ClNO2S. The van der Waals surface area contributed by atoms with E-state index in [4.69, 9.17) is 16.3 Å². The molecule has 2 rings (SSSR count). The van der Waals surface area contributed by atoms with Crippen LogP contribution in [0.5, 0.6) is 5.75 Å². The molecule has 0 aromatic heterocycles. The lowest BCUT2D eigenvalue weighted by atomic mass is 10.2. The van der Waals surface area contributed by atoms with Gasteiger partial charge in [0, 0.05) is 22.0 Å². The summed E-state index contributed by atoms with van der Waals surface area (Å²) in [5.41, 5.74) is 0.985. The summed E-state index contributed by atoms with van der Waals surface area (Å²) in [4.78, 5) is 13.5. The molecule has 0 bridgehead atoms. The Morgan fingerprint density at radius 2 is 1.88 bits per heavy atom. The van der Waals surface area contributed by atoms with Crippen LogP contribution in [0.3, 0.4) is 0 Å². The Labute approximate surface area is 152 Å². The van der Waals surface area contributed by atoms with E-state index in [2.05, 4.69) is 5.32 Å². The molecule has 1 N–H and O–H groups in total. The van der Waals surface area contributed by atoms with Crippen molar-refractivity contribution in [1.29, 1.82) is 0 Å². The highest BCUT2D eigenvalue weighted by Crippen LogP contribution is 2.27. The van der Waals surface area contributed by atoms with Gasteiger partial charge in [0.25, 0.3) is 0 Å². The van der Waals surface area contributed by atoms with Crippen LogP contribution in [0.4, 0.5) is 0 Å². The summed E-state index contributed by atoms with van der Waals surface area (Å²) in [6, 6.07) is 15.3. The van der Waals surface area contributed by atoms with Crippen LogP contribution in [0, 0.1) is 0 Å². The molecule has 0 fully saturated rings. The number of hydrogen-bond donors (Lipinski definition) is 1. The Hall–Kier alpha value is -1.65. The van der Waals surface area contributed by atoms with Crippen LogP contribution < -0.4 is 10.1 Å². The molecule has 0 spiro atoms. The highest BCUT2D eigenvalue weighted by molar-refractivity contribution is 8.00. The van der Waals surface area contributed by atoms with Gasteiger partial charge in [-0.05, 0) is 43.7 Å². The number of thioether (sulfide) groups is 1. The van der Waals surface area contributed by atoms with Crippen LogP contribution >= 0.6 is 23.4 Å². The highest BCUT2D eigenvalue weighted by atomic mass is 35.5. The molecule has 2 aromatic carbocycles. The van der Waals surface area contributed by atoms with Crippen LogP contribution in [-0.2, 0) is 11.3 Å². The fourth-order valence-corrected chi connectivity index (χ4v) is 3.35. The van der Waals surface area contributed by atoms with E-state index in [1.54, 1.807) is 11.8 Å². The normalized spacial score (nSPS) is 11.8. The van der Waals surface area contributed by atoms with Crippen molar-refractivity contribution in [3.8, 4) is 5.75 Å². The van der Waals surface area contributed by atoms with Gasteiger partial charge < -0.3 is 10.1 Å². The predicted molar refractivity (Wildman–Crippen MR) is 101 cm³/mol. The number of nitrogens with one attached hydrogen (secondary N) is 1. The zero-order valence-electron chi connectivity index (χ0n) is 13.9. The van der Waals surface area contributed by atoms with Crippen molar-refractivity contribution in [3.63, 3.8) is 0 Å². The maximum absolute atomic E-state index is 12.5. The number of para-hydroxylation sites is 1. The minimum atomic E-state index is -0.134. The lowest BCUT2D eigenvalue weighted by molar-refractivity contribution is -0.120. The molecule has 3 nitrogen and oxygen atoms in total. The molecule has 2 aromatic rings. The van der Waals surface area contributed by atoms with E-state index in [0.717, 1.165) is 22.6 Å². The van der Waals surface area contributed by atoms with E-state index in [0.29, 0.717) is 18.2 Å². The Balaban J connectivity index is 1.96. The quantitative estimate of drug-likeness (QED) is 0.676. The lowest BCUT2D eigenvalue weighted by Crippen LogP contribution is -2.32. The molecular weight excluding hydrogens is 342 g/mol. The van der Waals surface area contributed by atoms with Crippen molar-refractivity contribution in [2.24, 2.45) is 0 Å². The number of ether oxygens (including phenoxy) is 1. The molecule has 1 atom stereocenters. The number of amides is 1. The van der Waals surface area contributed by atoms with Gasteiger partial charge in [0.2, 0.25) is 5.91 Å². The average molecular weight is 364 g/mol. The zero-order chi connectivity index (χ0) is 17.4. The fourth-order valence-electron chi connectivity index (χ4n) is 2.24. The first-order valence-electron chi connectivity index (χ1n) is 8.04. The van der Waals surface area contributed by atoms with Crippen LogP contribution in [0.25, 0.3) is 0 Å². The second kappa shape index (κ2) is 9.60. The molecule has 0 aliphatic carbocycles. The van der Waals surface area contributed by atoms with E-state index in [9.17, 15) is 4.79 Å². The fraction of sp³-hybridized carbons (Fsp3) is 0.316. The van der Waals surface area contributed by atoms with Gasteiger partial charge >= 0.3 is 0 Å². The van der Waals surface area contributed by atoms with Crippen LogP contribution in [-0.4, -0.2) is 17.8 Å². The Bertz CT molecular complexity index is 661. The Morgan fingerprint density at radius 3 is 2.54 bits per heavy atom. The van der Waals surface area contributed by atoms with Gasteiger partial charge in [-0.3, -0.25) is 4.79 Å². The van der Waals surface area contributed by atoms with Crippen LogP contribution in [0.15, 0.2) is 53.4 Å². The maximum Gasteiger partial charge on any atom is 0.233 e. The highest BCUT2D eigenvalue weighted by Gasteiger charge is 2.18. The first kappa shape index (κ1) is 18.7. The van der Waals surface area contributed by atoms with E-state index in [1.807, 2.05) is 62.4 Å². The van der Waals surface area contributed by atoms with Gasteiger partial charge in [-0.1, -0.05) is 36.7 Å². The van der Waals surface area contributed by atoms with Crippen LogP contribution in [0.2, 0.25) is 5.02 Å². The SMILES string of the molecule is CCOc1ccccc1CNC(=O)[C@H](CC)Sc1ccc(Cl)cc1. The average Bonchev–Trinajstić information content (AvgIpc) is 2.60. The molecule has 0 aliphatic heterocycles. The maximum atomic E-state index is 12.5. The number of hydrogen-bond acceptors (Lipinski definition) is 3. The van der Waals surface area contributed by atoms with Crippen molar-refractivity contribution >= 4 is 29.3 Å². The van der Waals surface area contributed by atoms with Gasteiger partial charge in [-0.2, -0.15) is 0 Å². The second-order valence-electron chi connectivity index (χ2n) is 5.23. The number of rotatable bonds is 8. The summed E-state index contributed by atoms with van der Waals surface area (Å²) >= 11 is 7.46. The molecule has 0 heterocycles. The summed E-state index contributed by atoms with van der Waals surface area (Å²) in [5.74, 6) is 0.849.